The van der Waals surface area contributed by atoms with Crippen LogP contribution in [-0.4, -0.2) is 41.0 Å². The zero-order valence-electron chi connectivity index (χ0n) is 16.1. The van der Waals surface area contributed by atoms with Gasteiger partial charge < -0.3 is 18.5 Å². The molecule has 1 aliphatic heterocycles. The molecule has 3 aromatic rings. The largest absolute Gasteiger partial charge is 0.496 e. The van der Waals surface area contributed by atoms with Crippen LogP contribution in [0.5, 0.6) is 5.75 Å². The molecule has 0 saturated carbocycles. The van der Waals surface area contributed by atoms with E-state index in [9.17, 15) is 4.79 Å². The van der Waals surface area contributed by atoms with E-state index in [4.69, 9.17) is 13.6 Å². The number of hydrogen-bond acceptors (Lipinski definition) is 6. The monoisotopic (exact) mass is 381 g/mol. The predicted molar refractivity (Wildman–Crippen MR) is 101 cm³/mol. The molecule has 0 N–H and O–H groups in total. The van der Waals surface area contributed by atoms with Gasteiger partial charge in [0.15, 0.2) is 12.3 Å². The van der Waals surface area contributed by atoms with Crippen molar-refractivity contribution in [2.45, 2.75) is 32.1 Å². The van der Waals surface area contributed by atoms with Crippen molar-refractivity contribution in [1.29, 1.82) is 0 Å². The lowest BCUT2D eigenvalue weighted by Gasteiger charge is -2.30. The van der Waals surface area contributed by atoms with Gasteiger partial charge in [-0.05, 0) is 25.8 Å². The first-order chi connectivity index (χ1) is 13.7. The summed E-state index contributed by atoms with van der Waals surface area (Å²) < 4.78 is 16.7. The van der Waals surface area contributed by atoms with Crippen LogP contribution >= 0.6 is 0 Å². The number of methoxy groups -OCH3 is 1. The molecule has 28 heavy (non-hydrogen) atoms. The molecule has 1 aromatic carbocycles. The molecule has 0 bridgehead atoms. The van der Waals surface area contributed by atoms with E-state index in [-0.39, 0.29) is 11.8 Å². The predicted octanol–water partition coefficient (Wildman–Crippen LogP) is 3.59. The summed E-state index contributed by atoms with van der Waals surface area (Å²) in [6, 6.07) is 7.87. The van der Waals surface area contributed by atoms with Crippen molar-refractivity contribution in [3.05, 3.63) is 65.5 Å². The number of aryl methyl sites for hydroxylation is 1. The van der Waals surface area contributed by atoms with Crippen molar-refractivity contribution in [3.63, 3.8) is 0 Å². The number of rotatable bonds is 5. The Morgan fingerprint density at radius 1 is 1.32 bits per heavy atom. The molecule has 1 aliphatic rings. The summed E-state index contributed by atoms with van der Waals surface area (Å²) in [7, 11) is 1.66. The highest BCUT2D eigenvalue weighted by atomic mass is 16.5. The second-order valence-electron chi connectivity index (χ2n) is 7.01. The van der Waals surface area contributed by atoms with E-state index >= 15 is 0 Å². The smallest absolute Gasteiger partial charge is 0.291 e. The average Bonchev–Trinajstić information content (AvgIpc) is 3.37. The molecule has 3 heterocycles. The number of benzene rings is 1. The molecular weight excluding hydrogens is 358 g/mol. The van der Waals surface area contributed by atoms with E-state index in [2.05, 4.69) is 9.97 Å². The third-order valence-electron chi connectivity index (χ3n) is 5.13. The number of amides is 1. The number of nitrogens with zero attached hydrogens (tertiary/aromatic N) is 3. The second kappa shape index (κ2) is 7.88. The first-order valence-electron chi connectivity index (χ1n) is 9.41. The normalized spacial score (nSPS) is 16.9. The molecule has 4 rings (SSSR count). The molecule has 2 aromatic heterocycles. The third kappa shape index (κ3) is 3.65. The fourth-order valence-corrected chi connectivity index (χ4v) is 3.64. The lowest BCUT2D eigenvalue weighted by atomic mass is 9.97. The van der Waals surface area contributed by atoms with E-state index < -0.39 is 0 Å². The molecule has 1 amide bonds. The van der Waals surface area contributed by atoms with Gasteiger partial charge >= 0.3 is 0 Å². The third-order valence-corrected chi connectivity index (χ3v) is 5.13. The average molecular weight is 381 g/mol. The van der Waals surface area contributed by atoms with E-state index in [0.717, 1.165) is 29.9 Å². The van der Waals surface area contributed by atoms with Crippen LogP contribution in [0.3, 0.4) is 0 Å². The maximum atomic E-state index is 12.7. The maximum absolute atomic E-state index is 12.7. The number of carbonyl (C=O) groups is 1. The lowest BCUT2D eigenvalue weighted by Crippen LogP contribution is -2.39. The Hall–Kier alpha value is -3.09. The molecule has 7 nitrogen and oxygen atoms in total. The van der Waals surface area contributed by atoms with Crippen LogP contribution in [0.15, 0.2) is 45.7 Å². The molecule has 0 radical (unpaired) electrons. The zero-order valence-corrected chi connectivity index (χ0v) is 16.1. The van der Waals surface area contributed by atoms with Crippen LogP contribution in [0.1, 0.15) is 52.2 Å². The van der Waals surface area contributed by atoms with Crippen LogP contribution in [-0.2, 0) is 6.42 Å². The topological polar surface area (TPSA) is 81.6 Å². The molecular formula is C21H23N3O4. The molecule has 1 saturated heterocycles. The molecule has 7 heteroatoms. The van der Waals surface area contributed by atoms with Gasteiger partial charge in [-0.25, -0.2) is 9.97 Å². The van der Waals surface area contributed by atoms with Crippen LogP contribution < -0.4 is 4.74 Å². The summed E-state index contributed by atoms with van der Waals surface area (Å²) in [6.45, 7) is 3.04. The van der Waals surface area contributed by atoms with Gasteiger partial charge in [0.2, 0.25) is 5.76 Å². The van der Waals surface area contributed by atoms with E-state index in [1.54, 1.807) is 25.1 Å². The molecule has 0 aliphatic carbocycles. The van der Waals surface area contributed by atoms with E-state index in [0.29, 0.717) is 36.9 Å². The fourth-order valence-electron chi connectivity index (χ4n) is 3.64. The SMILES string of the molecule is COc1ccccc1Cc1cnc([C@H]2CCCN(C(=O)c3ocnc3C)C2)o1. The number of oxazole rings is 2. The minimum Gasteiger partial charge on any atom is -0.496 e. The number of para-hydroxylation sites is 1. The Kier molecular flexibility index (Phi) is 5.14. The standard InChI is InChI=1S/C21H23N3O4/c1-14-19(27-13-23-14)21(25)24-9-5-7-16(12-24)20-22-11-17(28-20)10-15-6-3-4-8-18(15)26-2/h3-4,6,8,11,13,16H,5,7,9-10,12H2,1-2H3/t16-/m0/s1. The number of carbonyl (C=O) groups excluding carboxylic acids is 1. The highest BCUT2D eigenvalue weighted by Crippen LogP contribution is 2.29. The van der Waals surface area contributed by atoms with Crippen molar-refractivity contribution >= 4 is 5.91 Å². The van der Waals surface area contributed by atoms with Gasteiger partial charge in [-0.1, -0.05) is 18.2 Å². The number of likely N-dealkylation sites (tertiary alicyclic amines) is 1. The van der Waals surface area contributed by atoms with Crippen molar-refractivity contribution in [2.75, 3.05) is 20.2 Å². The van der Waals surface area contributed by atoms with Gasteiger partial charge in [-0.3, -0.25) is 4.79 Å². The van der Waals surface area contributed by atoms with E-state index in [1.165, 1.54) is 6.39 Å². The van der Waals surface area contributed by atoms with Crippen LogP contribution in [0, 0.1) is 6.92 Å². The minimum atomic E-state index is -0.125. The van der Waals surface area contributed by atoms with Crippen LogP contribution in [0.4, 0.5) is 0 Å². The van der Waals surface area contributed by atoms with Gasteiger partial charge in [-0.15, -0.1) is 0 Å². The van der Waals surface area contributed by atoms with Crippen molar-refractivity contribution in [2.24, 2.45) is 0 Å². The quantitative estimate of drug-likeness (QED) is 0.672. The van der Waals surface area contributed by atoms with Crippen LogP contribution in [0.2, 0.25) is 0 Å². The molecule has 146 valence electrons. The molecule has 1 fully saturated rings. The number of hydrogen-bond donors (Lipinski definition) is 0. The van der Waals surface area contributed by atoms with Crippen molar-refractivity contribution in [1.82, 2.24) is 14.9 Å². The first kappa shape index (κ1) is 18.3. The van der Waals surface area contributed by atoms with E-state index in [1.807, 2.05) is 24.3 Å². The summed E-state index contributed by atoms with van der Waals surface area (Å²) >= 11 is 0. The van der Waals surface area contributed by atoms with Gasteiger partial charge in [-0.2, -0.15) is 0 Å². The summed E-state index contributed by atoms with van der Waals surface area (Å²) in [4.78, 5) is 23.0. The van der Waals surface area contributed by atoms with Gasteiger partial charge in [0.1, 0.15) is 11.5 Å². The summed E-state index contributed by atoms with van der Waals surface area (Å²) in [6.07, 6.45) is 5.52. The van der Waals surface area contributed by atoms with Gasteiger partial charge in [0, 0.05) is 25.1 Å². The van der Waals surface area contributed by atoms with Gasteiger partial charge in [0.05, 0.1) is 24.9 Å². The second-order valence-corrected chi connectivity index (χ2v) is 7.01. The summed E-state index contributed by atoms with van der Waals surface area (Å²) in [5.74, 6) is 2.56. The maximum Gasteiger partial charge on any atom is 0.291 e. The fraction of sp³-hybridized carbons (Fsp3) is 0.381. The number of piperidine rings is 1. The zero-order chi connectivity index (χ0) is 19.5. The minimum absolute atomic E-state index is 0.0762. The highest BCUT2D eigenvalue weighted by molar-refractivity contribution is 5.92. The number of ether oxygens (including phenoxy) is 1. The van der Waals surface area contributed by atoms with Crippen molar-refractivity contribution in [3.8, 4) is 5.75 Å². The molecule has 1 atom stereocenters. The Morgan fingerprint density at radius 3 is 2.96 bits per heavy atom. The van der Waals surface area contributed by atoms with Gasteiger partial charge in [0.25, 0.3) is 5.91 Å². The summed E-state index contributed by atoms with van der Waals surface area (Å²) in [5.41, 5.74) is 1.66. The van der Waals surface area contributed by atoms with Crippen molar-refractivity contribution < 1.29 is 18.4 Å². The Balaban J connectivity index is 1.46. The number of aromatic nitrogens is 2. The Bertz CT molecular complexity index is 962. The molecule has 0 spiro atoms. The Morgan fingerprint density at radius 2 is 2.18 bits per heavy atom. The molecule has 0 unspecified atom stereocenters. The van der Waals surface area contributed by atoms with Crippen LogP contribution in [0.25, 0.3) is 0 Å². The Labute approximate surface area is 163 Å². The lowest BCUT2D eigenvalue weighted by molar-refractivity contribution is 0.0664. The summed E-state index contributed by atoms with van der Waals surface area (Å²) in [5, 5.41) is 0. The highest BCUT2D eigenvalue weighted by Gasteiger charge is 2.30. The first-order valence-corrected chi connectivity index (χ1v) is 9.41.